The van der Waals surface area contributed by atoms with E-state index in [9.17, 15) is 12.8 Å². The van der Waals surface area contributed by atoms with Gasteiger partial charge in [-0.25, -0.2) is 17.5 Å². The third-order valence-electron chi connectivity index (χ3n) is 2.52. The smallest absolute Gasteiger partial charge is 0.216 e. The Hall–Kier alpha value is -0.690. The SMILES string of the molecule is CC(CCCO)NS(=O)(=O)Cc1ccc(F)c(Cl)c1. The van der Waals surface area contributed by atoms with E-state index in [-0.39, 0.29) is 23.4 Å². The summed E-state index contributed by atoms with van der Waals surface area (Å²) in [5.74, 6) is -0.830. The van der Waals surface area contributed by atoms with Gasteiger partial charge < -0.3 is 5.11 Å². The first-order valence-electron chi connectivity index (χ1n) is 5.89. The Morgan fingerprint density at radius 3 is 2.74 bits per heavy atom. The van der Waals surface area contributed by atoms with Gasteiger partial charge in [0.1, 0.15) is 5.82 Å². The van der Waals surface area contributed by atoms with Gasteiger partial charge in [-0.2, -0.15) is 0 Å². The number of nitrogens with one attached hydrogen (secondary N) is 1. The highest BCUT2D eigenvalue weighted by molar-refractivity contribution is 7.88. The van der Waals surface area contributed by atoms with Gasteiger partial charge >= 0.3 is 0 Å². The van der Waals surface area contributed by atoms with Crippen LogP contribution in [-0.4, -0.2) is 26.2 Å². The third-order valence-corrected chi connectivity index (χ3v) is 4.28. The zero-order chi connectivity index (χ0) is 14.5. The molecule has 1 unspecified atom stereocenters. The van der Waals surface area contributed by atoms with Crippen molar-refractivity contribution in [2.45, 2.75) is 31.6 Å². The molecule has 0 amide bonds. The number of sulfonamides is 1. The fourth-order valence-electron chi connectivity index (χ4n) is 1.65. The molecule has 0 fully saturated rings. The molecule has 108 valence electrons. The third kappa shape index (κ3) is 5.86. The summed E-state index contributed by atoms with van der Waals surface area (Å²) in [5.41, 5.74) is 0.424. The Labute approximate surface area is 117 Å². The maximum atomic E-state index is 13.0. The quantitative estimate of drug-likeness (QED) is 0.810. The van der Waals surface area contributed by atoms with Crippen molar-refractivity contribution in [3.8, 4) is 0 Å². The zero-order valence-electron chi connectivity index (χ0n) is 10.6. The predicted octanol–water partition coefficient (Wildman–Crippen LogP) is 2.06. The van der Waals surface area contributed by atoms with Gasteiger partial charge in [-0.05, 0) is 37.5 Å². The molecule has 1 aromatic rings. The average Bonchev–Trinajstić information content (AvgIpc) is 2.30. The first-order valence-corrected chi connectivity index (χ1v) is 7.92. The molecule has 0 aliphatic carbocycles. The van der Waals surface area contributed by atoms with Crippen LogP contribution < -0.4 is 4.72 Å². The molecule has 7 heteroatoms. The molecule has 0 aliphatic rings. The molecule has 19 heavy (non-hydrogen) atoms. The minimum Gasteiger partial charge on any atom is -0.396 e. The monoisotopic (exact) mass is 309 g/mol. The first-order chi connectivity index (χ1) is 8.84. The highest BCUT2D eigenvalue weighted by Gasteiger charge is 2.15. The van der Waals surface area contributed by atoms with Crippen molar-refractivity contribution < 1.29 is 17.9 Å². The Kier molecular flexibility index (Phi) is 6.19. The van der Waals surface area contributed by atoms with E-state index >= 15 is 0 Å². The lowest BCUT2D eigenvalue weighted by Crippen LogP contribution is -2.33. The summed E-state index contributed by atoms with van der Waals surface area (Å²) >= 11 is 5.60. The number of aliphatic hydroxyl groups is 1. The van der Waals surface area contributed by atoms with Gasteiger partial charge in [0, 0.05) is 12.6 Å². The first kappa shape index (κ1) is 16.4. The van der Waals surface area contributed by atoms with E-state index in [1.807, 2.05) is 0 Å². The predicted molar refractivity (Wildman–Crippen MR) is 73.0 cm³/mol. The lowest BCUT2D eigenvalue weighted by atomic mass is 10.2. The van der Waals surface area contributed by atoms with E-state index in [1.54, 1.807) is 6.92 Å². The molecule has 0 radical (unpaired) electrons. The molecule has 1 rings (SSSR count). The van der Waals surface area contributed by atoms with Gasteiger partial charge in [-0.15, -0.1) is 0 Å². The summed E-state index contributed by atoms with van der Waals surface area (Å²) in [5, 5.41) is 8.58. The molecular weight excluding hydrogens is 293 g/mol. The van der Waals surface area contributed by atoms with Crippen LogP contribution in [0.2, 0.25) is 5.02 Å². The molecule has 4 nitrogen and oxygen atoms in total. The topological polar surface area (TPSA) is 66.4 Å². The second-order valence-electron chi connectivity index (χ2n) is 4.39. The molecule has 0 heterocycles. The summed E-state index contributed by atoms with van der Waals surface area (Å²) in [4.78, 5) is 0. The number of aliphatic hydroxyl groups excluding tert-OH is 1. The Morgan fingerprint density at radius 1 is 1.47 bits per heavy atom. The van der Waals surface area contributed by atoms with Gasteiger partial charge in [-0.3, -0.25) is 0 Å². The molecule has 0 saturated carbocycles. The van der Waals surface area contributed by atoms with Gasteiger partial charge in [0.25, 0.3) is 0 Å². The van der Waals surface area contributed by atoms with Gasteiger partial charge in [0.2, 0.25) is 10.0 Å². The molecule has 0 aromatic heterocycles. The zero-order valence-corrected chi connectivity index (χ0v) is 12.1. The summed E-state index contributed by atoms with van der Waals surface area (Å²) in [6, 6.07) is 3.57. The summed E-state index contributed by atoms with van der Waals surface area (Å²) in [7, 11) is -3.51. The average molecular weight is 310 g/mol. The fraction of sp³-hybridized carbons (Fsp3) is 0.500. The number of benzene rings is 1. The Balaban J connectivity index is 2.66. The van der Waals surface area contributed by atoms with Crippen LogP contribution in [0.15, 0.2) is 18.2 Å². The highest BCUT2D eigenvalue weighted by atomic mass is 35.5. The standard InChI is InChI=1S/C12H17ClFNO3S/c1-9(3-2-6-16)15-19(17,18)8-10-4-5-12(14)11(13)7-10/h4-5,7,9,15-16H,2-3,6,8H2,1H3. The van der Waals surface area contributed by atoms with E-state index in [4.69, 9.17) is 16.7 Å². The molecule has 0 saturated heterocycles. The van der Waals surface area contributed by atoms with E-state index in [0.29, 0.717) is 18.4 Å². The summed E-state index contributed by atoms with van der Waals surface area (Å²) in [6.45, 7) is 1.75. The molecule has 2 N–H and O–H groups in total. The Bertz CT molecular complexity index is 522. The van der Waals surface area contributed by atoms with E-state index < -0.39 is 15.8 Å². The van der Waals surface area contributed by atoms with Crippen molar-refractivity contribution in [1.29, 1.82) is 0 Å². The highest BCUT2D eigenvalue weighted by Crippen LogP contribution is 2.17. The van der Waals surface area contributed by atoms with Gasteiger partial charge in [0.15, 0.2) is 0 Å². The van der Waals surface area contributed by atoms with Crippen molar-refractivity contribution in [1.82, 2.24) is 4.72 Å². The summed E-state index contributed by atoms with van der Waals surface area (Å²) in [6.07, 6.45) is 1.09. The minimum atomic E-state index is -3.51. The molecule has 0 bridgehead atoms. The number of rotatable bonds is 7. The summed E-state index contributed by atoms with van der Waals surface area (Å²) < 4.78 is 39.2. The van der Waals surface area contributed by atoms with Crippen molar-refractivity contribution in [3.05, 3.63) is 34.6 Å². The van der Waals surface area contributed by atoms with Crippen molar-refractivity contribution in [3.63, 3.8) is 0 Å². The lowest BCUT2D eigenvalue weighted by Gasteiger charge is -2.13. The van der Waals surface area contributed by atoms with Crippen LogP contribution in [0, 0.1) is 5.82 Å². The van der Waals surface area contributed by atoms with Crippen LogP contribution in [0.1, 0.15) is 25.3 Å². The molecule has 1 atom stereocenters. The maximum absolute atomic E-state index is 13.0. The second kappa shape index (κ2) is 7.19. The Morgan fingerprint density at radius 2 is 2.16 bits per heavy atom. The van der Waals surface area contributed by atoms with Crippen molar-refractivity contribution in [2.75, 3.05) is 6.61 Å². The molecule has 0 spiro atoms. The van der Waals surface area contributed by atoms with E-state index in [1.165, 1.54) is 12.1 Å². The van der Waals surface area contributed by atoms with Gasteiger partial charge in [0.05, 0.1) is 10.8 Å². The van der Waals surface area contributed by atoms with Crippen molar-refractivity contribution in [2.24, 2.45) is 0 Å². The van der Waals surface area contributed by atoms with Crippen LogP contribution in [0.4, 0.5) is 4.39 Å². The van der Waals surface area contributed by atoms with E-state index in [0.717, 1.165) is 6.07 Å². The fourth-order valence-corrected chi connectivity index (χ4v) is 3.29. The maximum Gasteiger partial charge on any atom is 0.216 e. The minimum absolute atomic E-state index is 0.0274. The van der Waals surface area contributed by atoms with Crippen LogP contribution in [0.5, 0.6) is 0 Å². The lowest BCUT2D eigenvalue weighted by molar-refractivity contribution is 0.279. The van der Waals surface area contributed by atoms with Crippen molar-refractivity contribution >= 4 is 21.6 Å². The van der Waals surface area contributed by atoms with E-state index in [2.05, 4.69) is 4.72 Å². The van der Waals surface area contributed by atoms with Crippen LogP contribution in [-0.2, 0) is 15.8 Å². The second-order valence-corrected chi connectivity index (χ2v) is 6.55. The molecule has 0 aliphatic heterocycles. The molecular formula is C12H17ClFNO3S. The normalized spacial score (nSPS) is 13.5. The van der Waals surface area contributed by atoms with Gasteiger partial charge in [-0.1, -0.05) is 17.7 Å². The van der Waals surface area contributed by atoms with Crippen LogP contribution in [0.3, 0.4) is 0 Å². The number of halogens is 2. The van der Waals surface area contributed by atoms with Crippen LogP contribution >= 0.6 is 11.6 Å². The largest absolute Gasteiger partial charge is 0.396 e. The molecule has 1 aromatic carbocycles. The number of hydrogen-bond donors (Lipinski definition) is 2. The number of hydrogen-bond acceptors (Lipinski definition) is 3. The van der Waals surface area contributed by atoms with Crippen LogP contribution in [0.25, 0.3) is 0 Å².